The Morgan fingerprint density at radius 3 is 2.21 bits per heavy atom. The minimum Gasteiger partial charge on any atom is -0.322 e. The summed E-state index contributed by atoms with van der Waals surface area (Å²) in [5.41, 5.74) is 2.25. The van der Waals surface area contributed by atoms with Crippen molar-refractivity contribution in [3.63, 3.8) is 0 Å². The van der Waals surface area contributed by atoms with Crippen LogP contribution in [0.2, 0.25) is 0 Å². The number of primary sulfonamides is 1. The summed E-state index contributed by atoms with van der Waals surface area (Å²) in [6, 6.07) is 20.5. The van der Waals surface area contributed by atoms with Crippen LogP contribution < -0.4 is 10.0 Å². The summed E-state index contributed by atoms with van der Waals surface area (Å²) in [5, 5.41) is 5.13. The fourth-order valence-corrected chi connectivity index (χ4v) is 4.50. The number of amides is 3. The van der Waals surface area contributed by atoms with Crippen molar-refractivity contribution in [2.75, 3.05) is 4.90 Å². The third kappa shape index (κ3) is 4.61. The summed E-state index contributed by atoms with van der Waals surface area (Å²) in [6.45, 7) is 1.96. The molecule has 0 bridgehead atoms. The normalized spacial score (nSPS) is 16.1. The molecule has 1 fully saturated rings. The molecule has 0 saturated carbocycles. The first-order valence-corrected chi connectivity index (χ1v) is 12.1. The number of aryl methyl sites for hydroxylation is 1. The van der Waals surface area contributed by atoms with Crippen molar-refractivity contribution in [1.29, 1.82) is 0 Å². The molecule has 0 aliphatic carbocycles. The lowest BCUT2D eigenvalue weighted by Crippen LogP contribution is -2.45. The fraction of sp³-hybridized carbons (Fsp3) is 0.160. The van der Waals surface area contributed by atoms with Gasteiger partial charge in [0, 0.05) is 12.1 Å². The largest absolute Gasteiger partial charge is 0.322 e. The Labute approximate surface area is 197 Å². The SMILES string of the molecule is Cc1ccccc1C(=O)N(Cc1ccccc1)C1CC(=O)N(c2ccc(S(N)(=O)=O)cc2)C1=O. The number of rotatable bonds is 6. The van der Waals surface area contributed by atoms with Crippen LogP contribution in [0.5, 0.6) is 0 Å². The van der Waals surface area contributed by atoms with Gasteiger partial charge in [0.05, 0.1) is 17.0 Å². The van der Waals surface area contributed by atoms with Gasteiger partial charge in [-0.05, 0) is 48.4 Å². The molecular formula is C25H23N3O5S. The number of benzene rings is 3. The van der Waals surface area contributed by atoms with E-state index in [1.165, 1.54) is 29.2 Å². The van der Waals surface area contributed by atoms with Gasteiger partial charge in [-0.3, -0.25) is 14.4 Å². The van der Waals surface area contributed by atoms with Gasteiger partial charge in [0.1, 0.15) is 6.04 Å². The second-order valence-corrected chi connectivity index (χ2v) is 9.62. The maximum atomic E-state index is 13.6. The predicted octanol–water partition coefficient (Wildman–Crippen LogP) is 2.62. The van der Waals surface area contributed by atoms with Crippen LogP contribution >= 0.6 is 0 Å². The zero-order valence-corrected chi connectivity index (χ0v) is 19.2. The topological polar surface area (TPSA) is 118 Å². The number of hydrogen-bond acceptors (Lipinski definition) is 5. The van der Waals surface area contributed by atoms with Gasteiger partial charge in [0.25, 0.3) is 11.8 Å². The van der Waals surface area contributed by atoms with Crippen LogP contribution in [0.4, 0.5) is 5.69 Å². The van der Waals surface area contributed by atoms with Gasteiger partial charge in [-0.15, -0.1) is 0 Å². The quantitative estimate of drug-likeness (QED) is 0.548. The number of imide groups is 1. The molecule has 174 valence electrons. The first-order valence-electron chi connectivity index (χ1n) is 10.6. The molecule has 0 aromatic heterocycles. The monoisotopic (exact) mass is 477 g/mol. The average molecular weight is 478 g/mol. The third-order valence-corrected chi connectivity index (χ3v) is 6.68. The zero-order valence-electron chi connectivity index (χ0n) is 18.4. The molecule has 1 aliphatic heterocycles. The number of anilines is 1. The van der Waals surface area contributed by atoms with Gasteiger partial charge in [0.15, 0.2) is 0 Å². The van der Waals surface area contributed by atoms with Crippen molar-refractivity contribution in [2.45, 2.75) is 30.8 Å². The lowest BCUT2D eigenvalue weighted by atomic mass is 10.0. The summed E-state index contributed by atoms with van der Waals surface area (Å²) < 4.78 is 23.1. The van der Waals surface area contributed by atoms with E-state index in [1.54, 1.807) is 12.1 Å². The van der Waals surface area contributed by atoms with Gasteiger partial charge in [-0.25, -0.2) is 18.5 Å². The van der Waals surface area contributed by atoms with Crippen molar-refractivity contribution in [3.8, 4) is 0 Å². The molecule has 1 saturated heterocycles. The summed E-state index contributed by atoms with van der Waals surface area (Å²) in [5.74, 6) is -1.38. The van der Waals surface area contributed by atoms with Crippen molar-refractivity contribution in [3.05, 3.63) is 95.6 Å². The van der Waals surface area contributed by atoms with Gasteiger partial charge in [-0.2, -0.15) is 0 Å². The Morgan fingerprint density at radius 2 is 1.59 bits per heavy atom. The highest BCUT2D eigenvalue weighted by Gasteiger charge is 2.44. The number of nitrogens with two attached hydrogens (primary N) is 1. The van der Waals surface area contributed by atoms with E-state index >= 15 is 0 Å². The molecule has 9 heteroatoms. The van der Waals surface area contributed by atoms with E-state index in [-0.39, 0.29) is 29.5 Å². The van der Waals surface area contributed by atoms with E-state index < -0.39 is 27.9 Å². The highest BCUT2D eigenvalue weighted by atomic mass is 32.2. The van der Waals surface area contributed by atoms with E-state index in [4.69, 9.17) is 5.14 Å². The maximum absolute atomic E-state index is 13.6. The molecule has 8 nitrogen and oxygen atoms in total. The number of nitrogens with zero attached hydrogens (tertiary/aromatic N) is 2. The average Bonchev–Trinajstić information content (AvgIpc) is 3.11. The highest BCUT2D eigenvalue weighted by Crippen LogP contribution is 2.29. The van der Waals surface area contributed by atoms with Gasteiger partial charge >= 0.3 is 0 Å². The van der Waals surface area contributed by atoms with Crippen molar-refractivity contribution in [2.24, 2.45) is 5.14 Å². The molecule has 4 rings (SSSR count). The number of carbonyl (C=O) groups excluding carboxylic acids is 3. The molecule has 1 unspecified atom stereocenters. The summed E-state index contributed by atoms with van der Waals surface area (Å²) in [7, 11) is -3.92. The summed E-state index contributed by atoms with van der Waals surface area (Å²) >= 11 is 0. The van der Waals surface area contributed by atoms with Crippen molar-refractivity contribution >= 4 is 33.4 Å². The number of sulfonamides is 1. The lowest BCUT2D eigenvalue weighted by Gasteiger charge is -2.28. The molecule has 1 atom stereocenters. The second kappa shape index (κ2) is 9.20. The smallest absolute Gasteiger partial charge is 0.257 e. The minimum atomic E-state index is -3.92. The van der Waals surface area contributed by atoms with Crippen LogP contribution in [0.3, 0.4) is 0 Å². The van der Waals surface area contributed by atoms with Crippen LogP contribution in [0.1, 0.15) is 27.9 Å². The van der Waals surface area contributed by atoms with E-state index in [2.05, 4.69) is 0 Å². The zero-order chi connectivity index (χ0) is 24.5. The van der Waals surface area contributed by atoms with Crippen LogP contribution in [-0.4, -0.2) is 37.1 Å². The molecule has 0 spiro atoms. The first-order chi connectivity index (χ1) is 16.2. The van der Waals surface area contributed by atoms with Gasteiger partial charge < -0.3 is 4.90 Å². The molecule has 2 N–H and O–H groups in total. The predicted molar refractivity (Wildman–Crippen MR) is 126 cm³/mol. The molecule has 3 aromatic rings. The van der Waals surface area contributed by atoms with Crippen molar-refractivity contribution in [1.82, 2.24) is 4.90 Å². The maximum Gasteiger partial charge on any atom is 0.257 e. The van der Waals surface area contributed by atoms with Crippen molar-refractivity contribution < 1.29 is 22.8 Å². The van der Waals surface area contributed by atoms with E-state index in [1.807, 2.05) is 49.4 Å². The molecule has 3 aromatic carbocycles. The highest BCUT2D eigenvalue weighted by molar-refractivity contribution is 7.89. The molecular weight excluding hydrogens is 454 g/mol. The van der Waals surface area contributed by atoms with Gasteiger partial charge in [0.2, 0.25) is 15.9 Å². The second-order valence-electron chi connectivity index (χ2n) is 8.06. The van der Waals surface area contributed by atoms with E-state index in [0.717, 1.165) is 16.0 Å². The van der Waals surface area contributed by atoms with Gasteiger partial charge in [-0.1, -0.05) is 48.5 Å². The number of carbonyl (C=O) groups is 3. The van der Waals surface area contributed by atoms with E-state index in [0.29, 0.717) is 5.56 Å². The molecule has 0 radical (unpaired) electrons. The van der Waals surface area contributed by atoms with Crippen LogP contribution in [0.15, 0.2) is 83.8 Å². The van der Waals surface area contributed by atoms with Crippen LogP contribution in [-0.2, 0) is 26.2 Å². The minimum absolute atomic E-state index is 0.132. The Hall–Kier alpha value is -3.82. The molecule has 34 heavy (non-hydrogen) atoms. The number of hydrogen-bond donors (Lipinski definition) is 1. The first kappa shape index (κ1) is 23.3. The standard InChI is InChI=1S/C25H23N3O5S/c1-17-7-5-6-10-21(17)24(30)27(16-18-8-3-2-4-9-18)22-15-23(29)28(25(22)31)19-11-13-20(14-12-19)34(26,32)33/h2-14,22H,15-16H2,1H3,(H2,26,32,33). The summed E-state index contributed by atoms with van der Waals surface area (Å²) in [4.78, 5) is 42.2. The Morgan fingerprint density at radius 1 is 0.971 bits per heavy atom. The Balaban J connectivity index is 1.69. The summed E-state index contributed by atoms with van der Waals surface area (Å²) in [6.07, 6.45) is -0.180. The van der Waals surface area contributed by atoms with Crippen LogP contribution in [0, 0.1) is 6.92 Å². The fourth-order valence-electron chi connectivity index (χ4n) is 3.99. The molecule has 1 heterocycles. The molecule has 3 amide bonds. The third-order valence-electron chi connectivity index (χ3n) is 5.75. The lowest BCUT2D eigenvalue weighted by molar-refractivity contribution is -0.122. The Kier molecular flexibility index (Phi) is 6.32. The van der Waals surface area contributed by atoms with E-state index in [9.17, 15) is 22.8 Å². The molecule has 1 aliphatic rings. The Bertz CT molecular complexity index is 1350. The van der Waals surface area contributed by atoms with Crippen LogP contribution in [0.25, 0.3) is 0 Å².